The van der Waals surface area contributed by atoms with Gasteiger partial charge in [-0.15, -0.1) is 0 Å². The summed E-state index contributed by atoms with van der Waals surface area (Å²) < 4.78 is 5.32. The van der Waals surface area contributed by atoms with Crippen LogP contribution in [0.4, 0.5) is 5.69 Å². The zero-order valence-electron chi connectivity index (χ0n) is 12.4. The highest BCUT2D eigenvalue weighted by atomic mass is 16.5. The van der Waals surface area contributed by atoms with Crippen LogP contribution < -0.4 is 15.4 Å². The number of nitrogens with zero attached hydrogens (tertiary/aromatic N) is 1. The van der Waals surface area contributed by atoms with Gasteiger partial charge in [-0.05, 0) is 30.5 Å². The maximum atomic E-state index is 12.5. The number of aryl methyl sites for hydroxylation is 1. The van der Waals surface area contributed by atoms with Crippen molar-refractivity contribution in [3.8, 4) is 5.75 Å². The molecular weight excluding hydrogens is 240 g/mol. The Labute approximate surface area is 115 Å². The second-order valence-electron chi connectivity index (χ2n) is 5.16. The van der Waals surface area contributed by atoms with E-state index >= 15 is 0 Å². The van der Waals surface area contributed by atoms with Crippen molar-refractivity contribution in [1.29, 1.82) is 0 Å². The number of nitrogens with two attached hydrogens (primary N) is 1. The Hall–Kier alpha value is -1.55. The molecule has 2 N–H and O–H groups in total. The van der Waals surface area contributed by atoms with Gasteiger partial charge in [0.05, 0.1) is 18.7 Å². The Kier molecular flexibility index (Phi) is 5.36. The molecule has 0 aliphatic rings. The van der Waals surface area contributed by atoms with Gasteiger partial charge >= 0.3 is 0 Å². The van der Waals surface area contributed by atoms with Crippen molar-refractivity contribution in [3.05, 3.63) is 23.8 Å². The van der Waals surface area contributed by atoms with E-state index in [0.717, 1.165) is 11.3 Å². The average molecular weight is 264 g/mol. The van der Waals surface area contributed by atoms with E-state index in [2.05, 4.69) is 0 Å². The second-order valence-corrected chi connectivity index (χ2v) is 5.16. The van der Waals surface area contributed by atoms with E-state index < -0.39 is 0 Å². The van der Waals surface area contributed by atoms with Crippen LogP contribution in [0.1, 0.15) is 19.4 Å². The van der Waals surface area contributed by atoms with Crippen molar-refractivity contribution in [3.63, 3.8) is 0 Å². The molecule has 1 aromatic rings. The number of hydrogen-bond acceptors (Lipinski definition) is 3. The quantitative estimate of drug-likeness (QED) is 0.887. The van der Waals surface area contributed by atoms with Crippen LogP contribution >= 0.6 is 0 Å². The van der Waals surface area contributed by atoms with Gasteiger partial charge in [-0.25, -0.2) is 0 Å². The molecule has 0 aliphatic carbocycles. The minimum Gasteiger partial charge on any atom is -0.495 e. The minimum atomic E-state index is -0.171. The van der Waals surface area contributed by atoms with Gasteiger partial charge in [0.2, 0.25) is 5.91 Å². The lowest BCUT2D eigenvalue weighted by Crippen LogP contribution is -2.39. The number of carbonyl (C=O) groups is 1. The Balaban J connectivity index is 3.08. The highest BCUT2D eigenvalue weighted by molar-refractivity contribution is 5.96. The molecule has 4 nitrogen and oxygen atoms in total. The summed E-state index contributed by atoms with van der Waals surface area (Å²) in [6, 6.07) is 5.79. The zero-order valence-corrected chi connectivity index (χ0v) is 12.4. The summed E-state index contributed by atoms with van der Waals surface area (Å²) in [5.74, 6) is 0.772. The van der Waals surface area contributed by atoms with Gasteiger partial charge in [-0.2, -0.15) is 0 Å². The molecule has 0 spiro atoms. The van der Waals surface area contributed by atoms with Gasteiger partial charge in [-0.1, -0.05) is 19.9 Å². The molecule has 1 atom stereocenters. The van der Waals surface area contributed by atoms with E-state index in [0.29, 0.717) is 12.3 Å². The van der Waals surface area contributed by atoms with Crippen molar-refractivity contribution >= 4 is 11.6 Å². The van der Waals surface area contributed by atoms with E-state index in [1.807, 2.05) is 39.0 Å². The number of amides is 1. The third kappa shape index (κ3) is 3.47. The molecule has 106 valence electrons. The van der Waals surface area contributed by atoms with Crippen LogP contribution in [0.3, 0.4) is 0 Å². The third-order valence-corrected chi connectivity index (χ3v) is 3.40. The van der Waals surface area contributed by atoms with Crippen LogP contribution in [0, 0.1) is 18.8 Å². The highest BCUT2D eigenvalue weighted by Crippen LogP contribution is 2.30. The monoisotopic (exact) mass is 264 g/mol. The van der Waals surface area contributed by atoms with Crippen LogP contribution in [0.5, 0.6) is 5.75 Å². The number of methoxy groups -OCH3 is 1. The molecule has 0 aliphatic heterocycles. The molecule has 1 amide bonds. The molecule has 0 aromatic heterocycles. The van der Waals surface area contributed by atoms with Gasteiger partial charge in [-0.3, -0.25) is 4.79 Å². The van der Waals surface area contributed by atoms with Crippen molar-refractivity contribution in [2.24, 2.45) is 17.6 Å². The first-order chi connectivity index (χ1) is 8.92. The predicted octanol–water partition coefficient (Wildman–Crippen LogP) is 2.20. The van der Waals surface area contributed by atoms with Crippen molar-refractivity contribution in [2.75, 3.05) is 25.6 Å². The normalized spacial score (nSPS) is 12.4. The van der Waals surface area contributed by atoms with Crippen LogP contribution in [0.15, 0.2) is 18.2 Å². The molecule has 1 rings (SSSR count). The molecule has 0 radical (unpaired) electrons. The standard InChI is InChI=1S/C15H24N2O2/c1-10(2)12(9-16)15(18)17(4)13-8-11(3)6-7-14(13)19-5/h6-8,10,12H,9,16H2,1-5H3. The van der Waals surface area contributed by atoms with Crippen molar-refractivity contribution < 1.29 is 9.53 Å². The van der Waals surface area contributed by atoms with Crippen LogP contribution in [0.25, 0.3) is 0 Å². The largest absolute Gasteiger partial charge is 0.495 e. The fourth-order valence-corrected chi connectivity index (χ4v) is 2.09. The SMILES string of the molecule is COc1ccc(C)cc1N(C)C(=O)C(CN)C(C)C. The number of ether oxygens (including phenoxy) is 1. The summed E-state index contributed by atoms with van der Waals surface area (Å²) in [7, 11) is 3.38. The zero-order chi connectivity index (χ0) is 14.6. The summed E-state index contributed by atoms with van der Waals surface area (Å²) in [5, 5.41) is 0. The van der Waals surface area contributed by atoms with Gasteiger partial charge in [0.1, 0.15) is 5.75 Å². The molecule has 1 aromatic carbocycles. The lowest BCUT2D eigenvalue weighted by molar-refractivity contribution is -0.123. The molecule has 0 bridgehead atoms. The van der Waals surface area contributed by atoms with Crippen LogP contribution in [-0.2, 0) is 4.79 Å². The summed E-state index contributed by atoms with van der Waals surface area (Å²) in [6.45, 7) is 6.37. The third-order valence-electron chi connectivity index (χ3n) is 3.40. The molecule has 0 fully saturated rings. The van der Waals surface area contributed by atoms with E-state index in [1.165, 1.54) is 0 Å². The summed E-state index contributed by atoms with van der Waals surface area (Å²) in [5.41, 5.74) is 7.58. The Morgan fingerprint density at radius 2 is 2.05 bits per heavy atom. The Morgan fingerprint density at radius 3 is 2.53 bits per heavy atom. The van der Waals surface area contributed by atoms with Crippen LogP contribution in [-0.4, -0.2) is 26.6 Å². The van der Waals surface area contributed by atoms with E-state index in [4.69, 9.17) is 10.5 Å². The lowest BCUT2D eigenvalue weighted by atomic mass is 9.94. The van der Waals surface area contributed by atoms with E-state index in [1.54, 1.807) is 19.1 Å². The first-order valence-electron chi connectivity index (χ1n) is 6.54. The fraction of sp³-hybridized carbons (Fsp3) is 0.533. The average Bonchev–Trinajstić information content (AvgIpc) is 2.38. The number of anilines is 1. The lowest BCUT2D eigenvalue weighted by Gasteiger charge is -2.26. The first-order valence-corrected chi connectivity index (χ1v) is 6.54. The molecule has 0 saturated carbocycles. The minimum absolute atomic E-state index is 0.0291. The number of benzene rings is 1. The highest BCUT2D eigenvalue weighted by Gasteiger charge is 2.26. The summed E-state index contributed by atoms with van der Waals surface area (Å²) >= 11 is 0. The molecule has 0 heterocycles. The fourth-order valence-electron chi connectivity index (χ4n) is 2.09. The van der Waals surface area contributed by atoms with Gasteiger partial charge < -0.3 is 15.4 Å². The second kappa shape index (κ2) is 6.57. The Morgan fingerprint density at radius 1 is 1.42 bits per heavy atom. The molecule has 0 saturated heterocycles. The van der Waals surface area contributed by atoms with Crippen molar-refractivity contribution in [1.82, 2.24) is 0 Å². The topological polar surface area (TPSA) is 55.6 Å². The molecule has 19 heavy (non-hydrogen) atoms. The summed E-state index contributed by atoms with van der Waals surface area (Å²) in [6.07, 6.45) is 0. The maximum Gasteiger partial charge on any atom is 0.231 e. The molecule has 1 unspecified atom stereocenters. The smallest absolute Gasteiger partial charge is 0.231 e. The number of rotatable bonds is 5. The van der Waals surface area contributed by atoms with Crippen LogP contribution in [0.2, 0.25) is 0 Å². The maximum absolute atomic E-state index is 12.5. The van der Waals surface area contributed by atoms with Gasteiger partial charge in [0, 0.05) is 13.6 Å². The summed E-state index contributed by atoms with van der Waals surface area (Å²) in [4.78, 5) is 14.1. The van der Waals surface area contributed by atoms with E-state index in [-0.39, 0.29) is 17.7 Å². The van der Waals surface area contributed by atoms with Gasteiger partial charge in [0.15, 0.2) is 0 Å². The van der Waals surface area contributed by atoms with E-state index in [9.17, 15) is 4.79 Å². The molecule has 4 heteroatoms. The van der Waals surface area contributed by atoms with Crippen molar-refractivity contribution in [2.45, 2.75) is 20.8 Å². The van der Waals surface area contributed by atoms with Gasteiger partial charge in [0.25, 0.3) is 0 Å². The predicted molar refractivity (Wildman–Crippen MR) is 78.5 cm³/mol. The first kappa shape index (κ1) is 15.5. The number of carbonyl (C=O) groups excluding carboxylic acids is 1. The molecular formula is C15H24N2O2. The number of hydrogen-bond donors (Lipinski definition) is 1. The Bertz CT molecular complexity index is 444.